The van der Waals surface area contributed by atoms with E-state index < -0.39 is 5.82 Å². The molecule has 0 radical (unpaired) electrons. The number of nitrogens with one attached hydrogen (secondary N) is 2. The van der Waals surface area contributed by atoms with Crippen molar-refractivity contribution in [3.8, 4) is 11.6 Å². The zero-order valence-corrected chi connectivity index (χ0v) is 15.7. The van der Waals surface area contributed by atoms with E-state index in [0.29, 0.717) is 17.3 Å². The molecule has 30 heavy (non-hydrogen) atoms. The monoisotopic (exact) mass is 404 g/mol. The first-order chi connectivity index (χ1) is 14.7. The van der Waals surface area contributed by atoms with Crippen LogP contribution in [-0.2, 0) is 4.79 Å². The molecular formula is C21H17FN6O2. The van der Waals surface area contributed by atoms with Crippen LogP contribution in [0.4, 0.5) is 21.6 Å². The van der Waals surface area contributed by atoms with Crippen molar-refractivity contribution >= 4 is 23.1 Å². The van der Waals surface area contributed by atoms with Crippen LogP contribution in [0.15, 0.2) is 79.1 Å². The first-order valence-corrected chi connectivity index (χ1v) is 9.05. The third-order valence-electron chi connectivity index (χ3n) is 4.03. The van der Waals surface area contributed by atoms with Gasteiger partial charge in [-0.25, -0.2) is 9.07 Å². The number of carbonyl (C=O) groups is 1. The average molecular weight is 404 g/mol. The normalized spacial score (nSPS) is 10.4. The Balaban J connectivity index is 1.30. The molecule has 0 saturated carbocycles. The van der Waals surface area contributed by atoms with E-state index in [9.17, 15) is 9.18 Å². The molecule has 1 amide bonds. The maximum Gasteiger partial charge on any atom is 0.262 e. The van der Waals surface area contributed by atoms with Gasteiger partial charge in [0.15, 0.2) is 29.8 Å². The van der Waals surface area contributed by atoms with Crippen molar-refractivity contribution in [3.63, 3.8) is 0 Å². The van der Waals surface area contributed by atoms with Crippen LogP contribution in [0.5, 0.6) is 5.75 Å². The van der Waals surface area contributed by atoms with Gasteiger partial charge in [-0.2, -0.15) is 5.10 Å². The quantitative estimate of drug-likeness (QED) is 0.489. The topological polar surface area (TPSA) is 94.0 Å². The fourth-order valence-electron chi connectivity index (χ4n) is 2.61. The molecule has 150 valence electrons. The second-order valence-corrected chi connectivity index (χ2v) is 6.20. The van der Waals surface area contributed by atoms with E-state index in [0.717, 1.165) is 5.69 Å². The molecule has 2 N–H and O–H groups in total. The van der Waals surface area contributed by atoms with Crippen molar-refractivity contribution in [2.24, 2.45) is 0 Å². The maximum atomic E-state index is 13.5. The lowest BCUT2D eigenvalue weighted by atomic mass is 10.2. The van der Waals surface area contributed by atoms with E-state index in [2.05, 4.69) is 25.9 Å². The van der Waals surface area contributed by atoms with Gasteiger partial charge in [0, 0.05) is 23.8 Å². The number of para-hydroxylation sites is 1. The number of aromatic nitrogens is 4. The summed E-state index contributed by atoms with van der Waals surface area (Å²) in [5, 5.41) is 18.2. The minimum atomic E-state index is -0.513. The summed E-state index contributed by atoms with van der Waals surface area (Å²) in [5.74, 6) is 0.314. The maximum absolute atomic E-state index is 13.5. The van der Waals surface area contributed by atoms with Crippen LogP contribution in [0.3, 0.4) is 0 Å². The predicted octanol–water partition coefficient (Wildman–Crippen LogP) is 3.56. The Morgan fingerprint density at radius 3 is 2.47 bits per heavy atom. The molecule has 4 rings (SSSR count). The van der Waals surface area contributed by atoms with Gasteiger partial charge in [0.25, 0.3) is 5.91 Å². The Bertz CT molecular complexity index is 1120. The number of benzene rings is 2. The highest BCUT2D eigenvalue weighted by Gasteiger charge is 2.07. The van der Waals surface area contributed by atoms with Crippen LogP contribution in [-0.4, -0.2) is 32.5 Å². The Morgan fingerprint density at radius 2 is 1.77 bits per heavy atom. The molecule has 0 spiro atoms. The van der Waals surface area contributed by atoms with Gasteiger partial charge in [-0.1, -0.05) is 12.1 Å². The molecule has 0 fully saturated rings. The van der Waals surface area contributed by atoms with Crippen molar-refractivity contribution in [1.82, 2.24) is 20.0 Å². The molecule has 2 aromatic heterocycles. The van der Waals surface area contributed by atoms with Crippen LogP contribution in [0.25, 0.3) is 5.82 Å². The molecule has 0 unspecified atom stereocenters. The Morgan fingerprint density at radius 1 is 0.967 bits per heavy atom. The van der Waals surface area contributed by atoms with E-state index >= 15 is 0 Å². The Kier molecular flexibility index (Phi) is 5.61. The second-order valence-electron chi connectivity index (χ2n) is 6.20. The number of anilines is 3. The van der Waals surface area contributed by atoms with Crippen molar-refractivity contribution in [2.75, 3.05) is 17.2 Å². The van der Waals surface area contributed by atoms with Gasteiger partial charge < -0.3 is 15.4 Å². The van der Waals surface area contributed by atoms with E-state index in [1.807, 2.05) is 0 Å². The van der Waals surface area contributed by atoms with Crippen molar-refractivity contribution in [1.29, 1.82) is 0 Å². The molecule has 0 bridgehead atoms. The Hall–Kier alpha value is -4.27. The number of carbonyl (C=O) groups excluding carboxylic acids is 1. The molecule has 0 aliphatic rings. The molecule has 0 aliphatic heterocycles. The van der Waals surface area contributed by atoms with Gasteiger partial charge in [0.05, 0.1) is 0 Å². The predicted molar refractivity (Wildman–Crippen MR) is 109 cm³/mol. The average Bonchev–Trinajstić information content (AvgIpc) is 3.30. The molecule has 0 aliphatic carbocycles. The van der Waals surface area contributed by atoms with Gasteiger partial charge >= 0.3 is 0 Å². The van der Waals surface area contributed by atoms with Crippen molar-refractivity contribution < 1.29 is 13.9 Å². The number of hydrogen-bond donors (Lipinski definition) is 2. The molecule has 0 atom stereocenters. The number of nitrogens with zero attached hydrogens (tertiary/aromatic N) is 4. The molecule has 0 saturated heterocycles. The van der Waals surface area contributed by atoms with Gasteiger partial charge in [0.2, 0.25) is 0 Å². The first kappa shape index (κ1) is 19.1. The summed E-state index contributed by atoms with van der Waals surface area (Å²) in [5.41, 5.74) is 1.36. The molecule has 2 heterocycles. The van der Waals surface area contributed by atoms with Crippen LogP contribution >= 0.6 is 0 Å². The zero-order valence-electron chi connectivity index (χ0n) is 15.7. The lowest BCUT2D eigenvalue weighted by molar-refractivity contribution is -0.118. The number of ether oxygens (including phenoxy) is 1. The standard InChI is InChI=1S/C21H17FN6O2/c22-17-4-1-2-5-18(17)30-14-21(29)25-16-8-6-15(7-9-16)24-19-10-11-20(27-26-19)28-13-3-12-23-28/h1-13H,14H2,(H,24,26)(H,25,29). The largest absolute Gasteiger partial charge is 0.481 e. The van der Waals surface area contributed by atoms with Crippen molar-refractivity contribution in [3.05, 3.63) is 84.9 Å². The number of amides is 1. The zero-order chi connectivity index (χ0) is 20.8. The summed E-state index contributed by atoms with van der Waals surface area (Å²) < 4.78 is 20.3. The molecule has 2 aromatic carbocycles. The summed E-state index contributed by atoms with van der Waals surface area (Å²) in [6.07, 6.45) is 3.45. The summed E-state index contributed by atoms with van der Waals surface area (Å²) in [4.78, 5) is 12.0. The highest BCUT2D eigenvalue weighted by molar-refractivity contribution is 5.92. The highest BCUT2D eigenvalue weighted by atomic mass is 19.1. The summed E-state index contributed by atoms with van der Waals surface area (Å²) in [6.45, 7) is -0.293. The molecule has 9 heteroatoms. The smallest absolute Gasteiger partial charge is 0.262 e. The third kappa shape index (κ3) is 4.76. The van der Waals surface area contributed by atoms with Gasteiger partial charge in [-0.3, -0.25) is 4.79 Å². The summed E-state index contributed by atoms with van der Waals surface area (Å²) in [7, 11) is 0. The van der Waals surface area contributed by atoms with Gasteiger partial charge in [-0.05, 0) is 54.6 Å². The van der Waals surface area contributed by atoms with Crippen molar-refractivity contribution in [2.45, 2.75) is 0 Å². The lowest BCUT2D eigenvalue weighted by Gasteiger charge is -2.09. The molecule has 4 aromatic rings. The van der Waals surface area contributed by atoms with E-state index in [1.165, 1.54) is 12.1 Å². The van der Waals surface area contributed by atoms with E-state index in [-0.39, 0.29) is 18.3 Å². The molecule has 8 nitrogen and oxygen atoms in total. The number of halogens is 1. The van der Waals surface area contributed by atoms with Crippen LogP contribution < -0.4 is 15.4 Å². The summed E-state index contributed by atoms with van der Waals surface area (Å²) >= 11 is 0. The minimum absolute atomic E-state index is 0.0342. The minimum Gasteiger partial charge on any atom is -0.481 e. The lowest BCUT2D eigenvalue weighted by Crippen LogP contribution is -2.20. The fraction of sp³-hybridized carbons (Fsp3) is 0.0476. The van der Waals surface area contributed by atoms with E-state index in [4.69, 9.17) is 4.74 Å². The number of rotatable bonds is 7. The number of hydrogen-bond acceptors (Lipinski definition) is 6. The third-order valence-corrected chi connectivity index (χ3v) is 4.03. The van der Waals surface area contributed by atoms with Crippen LogP contribution in [0, 0.1) is 5.82 Å². The molecular weight excluding hydrogens is 387 g/mol. The Labute approximate surface area is 171 Å². The van der Waals surface area contributed by atoms with Gasteiger partial charge in [-0.15, -0.1) is 10.2 Å². The van der Waals surface area contributed by atoms with Crippen LogP contribution in [0.1, 0.15) is 0 Å². The highest BCUT2D eigenvalue weighted by Crippen LogP contribution is 2.18. The SMILES string of the molecule is O=C(COc1ccccc1F)Nc1ccc(Nc2ccc(-n3cccn3)nn2)cc1. The van der Waals surface area contributed by atoms with E-state index in [1.54, 1.807) is 71.7 Å². The fourth-order valence-corrected chi connectivity index (χ4v) is 2.61. The van der Waals surface area contributed by atoms with Crippen LogP contribution in [0.2, 0.25) is 0 Å². The first-order valence-electron chi connectivity index (χ1n) is 9.05. The second kappa shape index (κ2) is 8.82. The summed E-state index contributed by atoms with van der Waals surface area (Å²) in [6, 6.07) is 18.4. The van der Waals surface area contributed by atoms with Gasteiger partial charge in [0.1, 0.15) is 0 Å².